The highest BCUT2D eigenvalue weighted by Gasteiger charge is 2.07. The van der Waals surface area contributed by atoms with Gasteiger partial charge in [-0.3, -0.25) is 9.59 Å². The van der Waals surface area contributed by atoms with Crippen molar-refractivity contribution in [3.63, 3.8) is 0 Å². The van der Waals surface area contributed by atoms with Crippen LogP contribution in [0.4, 0.5) is 0 Å². The first-order valence-corrected chi connectivity index (χ1v) is 7.24. The second-order valence-electron chi connectivity index (χ2n) is 5.41. The molecule has 1 rings (SSSR count). The molecule has 0 bridgehead atoms. The summed E-state index contributed by atoms with van der Waals surface area (Å²) in [7, 11) is 0. The first-order valence-electron chi connectivity index (χ1n) is 7.24. The van der Waals surface area contributed by atoms with Crippen molar-refractivity contribution in [3.8, 4) is 0 Å². The molecule has 5 nitrogen and oxygen atoms in total. The number of hydrogen-bond donors (Lipinski definition) is 3. The molecule has 0 heterocycles. The van der Waals surface area contributed by atoms with Gasteiger partial charge in [-0.1, -0.05) is 38.1 Å². The van der Waals surface area contributed by atoms with Gasteiger partial charge in [0.25, 0.3) is 0 Å². The Hall–Kier alpha value is -1.88. The summed E-state index contributed by atoms with van der Waals surface area (Å²) < 4.78 is 0. The molecule has 0 spiro atoms. The topological polar surface area (TPSA) is 78.4 Å². The van der Waals surface area contributed by atoms with Gasteiger partial charge in [-0.2, -0.15) is 0 Å². The summed E-state index contributed by atoms with van der Waals surface area (Å²) in [6.45, 7) is 4.38. The molecule has 0 fully saturated rings. The van der Waals surface area contributed by atoms with Crippen molar-refractivity contribution >= 4 is 11.8 Å². The summed E-state index contributed by atoms with van der Waals surface area (Å²) in [6, 6.07) is 7.36. The van der Waals surface area contributed by atoms with Crippen molar-refractivity contribution in [2.24, 2.45) is 5.92 Å². The highest BCUT2D eigenvalue weighted by atomic mass is 16.3. The highest BCUT2D eigenvalue weighted by Crippen LogP contribution is 2.07. The number of aliphatic hydroxyl groups excluding tert-OH is 1. The molecule has 0 saturated carbocycles. The van der Waals surface area contributed by atoms with E-state index in [2.05, 4.69) is 24.5 Å². The quantitative estimate of drug-likeness (QED) is 0.676. The van der Waals surface area contributed by atoms with Gasteiger partial charge in [0.2, 0.25) is 11.8 Å². The number of nitrogens with one attached hydrogen (secondary N) is 2. The number of carbonyl (C=O) groups excluding carboxylic acids is 2. The molecule has 0 aliphatic carbocycles. The first-order chi connectivity index (χ1) is 10.0. The van der Waals surface area contributed by atoms with Crippen LogP contribution in [-0.2, 0) is 22.7 Å². The zero-order valence-electron chi connectivity index (χ0n) is 12.7. The number of benzene rings is 1. The number of hydrogen-bond acceptors (Lipinski definition) is 3. The number of amides is 2. The van der Waals surface area contributed by atoms with Gasteiger partial charge in [-0.25, -0.2) is 0 Å². The van der Waals surface area contributed by atoms with Crippen LogP contribution >= 0.6 is 0 Å². The van der Waals surface area contributed by atoms with Crippen LogP contribution in [0.1, 0.15) is 37.8 Å². The maximum absolute atomic E-state index is 11.7. The molecule has 0 atom stereocenters. The van der Waals surface area contributed by atoms with E-state index in [0.29, 0.717) is 18.9 Å². The van der Waals surface area contributed by atoms with Gasteiger partial charge in [0.15, 0.2) is 0 Å². The Morgan fingerprint density at radius 2 is 1.76 bits per heavy atom. The van der Waals surface area contributed by atoms with Crippen LogP contribution in [0.5, 0.6) is 0 Å². The molecule has 1 aromatic carbocycles. The second-order valence-corrected chi connectivity index (χ2v) is 5.41. The van der Waals surface area contributed by atoms with Gasteiger partial charge >= 0.3 is 0 Å². The molecule has 0 radical (unpaired) electrons. The van der Waals surface area contributed by atoms with Gasteiger partial charge in [0, 0.05) is 13.0 Å². The fraction of sp³-hybridized carbons (Fsp3) is 0.500. The van der Waals surface area contributed by atoms with Crippen LogP contribution < -0.4 is 10.6 Å². The summed E-state index contributed by atoms with van der Waals surface area (Å²) in [4.78, 5) is 23.2. The van der Waals surface area contributed by atoms with E-state index in [1.54, 1.807) is 0 Å². The molecule has 21 heavy (non-hydrogen) atoms. The Balaban J connectivity index is 2.29. The molecule has 2 amide bonds. The Morgan fingerprint density at radius 1 is 1.10 bits per heavy atom. The molecule has 116 valence electrons. The van der Waals surface area contributed by atoms with E-state index >= 15 is 0 Å². The largest absolute Gasteiger partial charge is 0.392 e. The molecule has 1 aromatic rings. The fourth-order valence-electron chi connectivity index (χ4n) is 1.83. The van der Waals surface area contributed by atoms with Crippen LogP contribution in [0.3, 0.4) is 0 Å². The summed E-state index contributed by atoms with van der Waals surface area (Å²) in [5, 5.41) is 14.5. The summed E-state index contributed by atoms with van der Waals surface area (Å²) in [5.74, 6) is 0.134. The lowest BCUT2D eigenvalue weighted by atomic mass is 10.1. The van der Waals surface area contributed by atoms with Crippen LogP contribution in [0.15, 0.2) is 24.3 Å². The van der Waals surface area contributed by atoms with Crippen molar-refractivity contribution in [1.29, 1.82) is 0 Å². The Bertz CT molecular complexity index is 472. The molecular weight excluding hydrogens is 268 g/mol. The number of aliphatic hydroxyl groups is 1. The highest BCUT2D eigenvalue weighted by molar-refractivity contribution is 5.84. The van der Waals surface area contributed by atoms with E-state index in [9.17, 15) is 14.7 Å². The average Bonchev–Trinajstić information content (AvgIpc) is 2.49. The zero-order valence-corrected chi connectivity index (χ0v) is 12.7. The first kappa shape index (κ1) is 17.2. The minimum Gasteiger partial charge on any atom is -0.392 e. The van der Waals surface area contributed by atoms with Crippen LogP contribution in [0.2, 0.25) is 0 Å². The smallest absolute Gasteiger partial charge is 0.239 e. The molecule has 0 aliphatic rings. The van der Waals surface area contributed by atoms with E-state index in [1.807, 2.05) is 24.3 Å². The SMILES string of the molecule is CC(C)CCC(=O)NCC(=O)NCc1ccccc1CO. The average molecular weight is 292 g/mol. The van der Waals surface area contributed by atoms with Crippen LogP contribution in [0, 0.1) is 5.92 Å². The van der Waals surface area contributed by atoms with Crippen molar-refractivity contribution < 1.29 is 14.7 Å². The lowest BCUT2D eigenvalue weighted by Gasteiger charge is -2.10. The van der Waals surface area contributed by atoms with E-state index in [-0.39, 0.29) is 25.0 Å². The molecule has 0 aromatic heterocycles. The minimum atomic E-state index is -0.236. The molecule has 0 saturated heterocycles. The molecule has 0 aliphatic heterocycles. The molecular formula is C16H24N2O3. The van der Waals surface area contributed by atoms with Gasteiger partial charge in [0.1, 0.15) is 0 Å². The van der Waals surface area contributed by atoms with E-state index in [4.69, 9.17) is 0 Å². The van der Waals surface area contributed by atoms with E-state index < -0.39 is 0 Å². The van der Waals surface area contributed by atoms with Gasteiger partial charge in [-0.05, 0) is 23.5 Å². The fourth-order valence-corrected chi connectivity index (χ4v) is 1.83. The third-order valence-electron chi connectivity index (χ3n) is 3.16. The van der Waals surface area contributed by atoms with Gasteiger partial charge in [-0.15, -0.1) is 0 Å². The van der Waals surface area contributed by atoms with Crippen molar-refractivity contribution in [2.45, 2.75) is 39.8 Å². The Kier molecular flexibility index (Phi) is 7.46. The summed E-state index contributed by atoms with van der Waals surface area (Å²) in [5.41, 5.74) is 1.67. The number of rotatable bonds is 8. The van der Waals surface area contributed by atoms with Crippen molar-refractivity contribution in [1.82, 2.24) is 10.6 Å². The third-order valence-corrected chi connectivity index (χ3v) is 3.16. The van der Waals surface area contributed by atoms with Gasteiger partial charge in [0.05, 0.1) is 13.2 Å². The Morgan fingerprint density at radius 3 is 2.38 bits per heavy atom. The van der Waals surface area contributed by atoms with Crippen molar-refractivity contribution in [2.75, 3.05) is 6.54 Å². The van der Waals surface area contributed by atoms with E-state index in [1.165, 1.54) is 0 Å². The van der Waals surface area contributed by atoms with Crippen molar-refractivity contribution in [3.05, 3.63) is 35.4 Å². The summed E-state index contributed by atoms with van der Waals surface area (Å²) in [6.07, 6.45) is 1.26. The monoisotopic (exact) mass is 292 g/mol. The predicted molar refractivity (Wildman–Crippen MR) is 81.3 cm³/mol. The lowest BCUT2D eigenvalue weighted by Crippen LogP contribution is -2.36. The second kappa shape index (κ2) is 9.13. The lowest BCUT2D eigenvalue weighted by molar-refractivity contribution is -0.126. The molecule has 0 unspecified atom stereocenters. The predicted octanol–water partition coefficient (Wildman–Crippen LogP) is 1.35. The molecule has 3 N–H and O–H groups in total. The van der Waals surface area contributed by atoms with E-state index in [0.717, 1.165) is 17.5 Å². The third kappa shape index (κ3) is 6.90. The normalized spacial score (nSPS) is 10.5. The summed E-state index contributed by atoms with van der Waals surface area (Å²) >= 11 is 0. The van der Waals surface area contributed by atoms with Gasteiger partial charge < -0.3 is 15.7 Å². The number of carbonyl (C=O) groups is 2. The minimum absolute atomic E-state index is 0.0157. The van der Waals surface area contributed by atoms with Crippen LogP contribution in [0.25, 0.3) is 0 Å². The zero-order chi connectivity index (χ0) is 15.7. The maximum atomic E-state index is 11.7. The maximum Gasteiger partial charge on any atom is 0.239 e. The van der Waals surface area contributed by atoms with Crippen LogP contribution in [-0.4, -0.2) is 23.5 Å². The standard InChI is InChI=1S/C16H24N2O3/c1-12(2)7-8-15(20)18-10-16(21)17-9-13-5-3-4-6-14(13)11-19/h3-6,12,19H,7-11H2,1-2H3,(H,17,21)(H,18,20). The molecule has 5 heteroatoms. The Labute approximate surface area is 125 Å².